The smallest absolute Gasteiger partial charge is 0.247 e. The molecular formula is C15H17NO3. The first-order valence-corrected chi connectivity index (χ1v) is 6.20. The fraction of sp³-hybridized carbons (Fsp3) is 0.267. The number of amides is 1. The summed E-state index contributed by atoms with van der Waals surface area (Å²) >= 11 is 0. The summed E-state index contributed by atoms with van der Waals surface area (Å²) in [5.74, 6) is 0.684. The van der Waals surface area contributed by atoms with Crippen molar-refractivity contribution in [2.75, 3.05) is 13.7 Å². The van der Waals surface area contributed by atoms with Gasteiger partial charge in [0.2, 0.25) is 5.91 Å². The maximum Gasteiger partial charge on any atom is 0.247 e. The molecule has 0 atom stereocenters. The SMILES string of the molecule is CCONC(=O)Cc1ccc2cc(OC)ccc2c1. The molecule has 2 aromatic carbocycles. The van der Waals surface area contributed by atoms with Crippen LogP contribution >= 0.6 is 0 Å². The molecule has 1 N–H and O–H groups in total. The van der Waals surface area contributed by atoms with Gasteiger partial charge in [0, 0.05) is 0 Å². The van der Waals surface area contributed by atoms with Crippen molar-refractivity contribution in [3.8, 4) is 5.75 Å². The third kappa shape index (κ3) is 3.45. The minimum Gasteiger partial charge on any atom is -0.497 e. The van der Waals surface area contributed by atoms with E-state index >= 15 is 0 Å². The normalized spacial score (nSPS) is 10.4. The van der Waals surface area contributed by atoms with Gasteiger partial charge in [-0.1, -0.05) is 24.3 Å². The molecular weight excluding hydrogens is 242 g/mol. The highest BCUT2D eigenvalue weighted by atomic mass is 16.6. The average Bonchev–Trinajstić information content (AvgIpc) is 2.44. The quantitative estimate of drug-likeness (QED) is 0.839. The summed E-state index contributed by atoms with van der Waals surface area (Å²) in [6.45, 7) is 2.28. The average molecular weight is 259 g/mol. The molecule has 0 aliphatic rings. The molecule has 19 heavy (non-hydrogen) atoms. The Morgan fingerprint density at radius 2 is 1.89 bits per heavy atom. The topological polar surface area (TPSA) is 47.6 Å². The molecule has 0 aliphatic carbocycles. The zero-order valence-corrected chi connectivity index (χ0v) is 11.1. The fourth-order valence-corrected chi connectivity index (χ4v) is 1.88. The lowest BCUT2D eigenvalue weighted by atomic mass is 10.0. The van der Waals surface area contributed by atoms with Crippen LogP contribution in [0.15, 0.2) is 36.4 Å². The second kappa shape index (κ2) is 6.20. The van der Waals surface area contributed by atoms with Crippen molar-refractivity contribution in [2.24, 2.45) is 0 Å². The number of fused-ring (bicyclic) bond motifs is 1. The molecule has 4 heteroatoms. The molecule has 0 saturated heterocycles. The first kappa shape index (κ1) is 13.4. The van der Waals surface area contributed by atoms with Crippen molar-refractivity contribution in [3.63, 3.8) is 0 Å². The minimum absolute atomic E-state index is 0.144. The zero-order chi connectivity index (χ0) is 13.7. The van der Waals surface area contributed by atoms with Gasteiger partial charge in [-0.3, -0.25) is 9.63 Å². The number of carbonyl (C=O) groups excluding carboxylic acids is 1. The largest absolute Gasteiger partial charge is 0.497 e. The summed E-state index contributed by atoms with van der Waals surface area (Å²) in [5.41, 5.74) is 3.34. The van der Waals surface area contributed by atoms with Crippen molar-refractivity contribution in [1.29, 1.82) is 0 Å². The van der Waals surface area contributed by atoms with Gasteiger partial charge >= 0.3 is 0 Å². The number of benzene rings is 2. The first-order valence-electron chi connectivity index (χ1n) is 6.20. The highest BCUT2D eigenvalue weighted by Crippen LogP contribution is 2.21. The second-order valence-corrected chi connectivity index (χ2v) is 4.18. The van der Waals surface area contributed by atoms with Gasteiger partial charge in [-0.15, -0.1) is 0 Å². The Kier molecular flexibility index (Phi) is 4.36. The molecule has 1 amide bonds. The van der Waals surface area contributed by atoms with E-state index in [1.807, 2.05) is 43.3 Å². The predicted octanol–water partition coefficient (Wildman–Crippen LogP) is 2.46. The molecule has 0 saturated carbocycles. The van der Waals surface area contributed by atoms with Crippen LogP contribution < -0.4 is 10.2 Å². The molecule has 0 spiro atoms. The standard InChI is InChI=1S/C15H17NO3/c1-3-19-16-15(17)9-11-4-5-13-10-14(18-2)7-6-12(13)8-11/h4-8,10H,3,9H2,1-2H3,(H,16,17). The van der Waals surface area contributed by atoms with Crippen LogP contribution in [0, 0.1) is 0 Å². The Balaban J connectivity index is 2.15. The lowest BCUT2D eigenvalue weighted by molar-refractivity contribution is -0.132. The number of hydrogen-bond acceptors (Lipinski definition) is 3. The molecule has 0 radical (unpaired) electrons. The summed E-state index contributed by atoms with van der Waals surface area (Å²) in [6.07, 6.45) is 0.308. The zero-order valence-electron chi connectivity index (χ0n) is 11.1. The van der Waals surface area contributed by atoms with Gasteiger partial charge in [-0.2, -0.15) is 0 Å². The number of ether oxygens (including phenoxy) is 1. The second-order valence-electron chi connectivity index (χ2n) is 4.18. The Morgan fingerprint density at radius 1 is 1.16 bits per heavy atom. The van der Waals surface area contributed by atoms with E-state index in [-0.39, 0.29) is 5.91 Å². The highest BCUT2D eigenvalue weighted by Gasteiger charge is 2.04. The minimum atomic E-state index is -0.144. The molecule has 0 fully saturated rings. The van der Waals surface area contributed by atoms with Crippen LogP contribution in [-0.4, -0.2) is 19.6 Å². The van der Waals surface area contributed by atoms with Crippen LogP contribution in [0.3, 0.4) is 0 Å². The lowest BCUT2D eigenvalue weighted by Gasteiger charge is -2.06. The van der Waals surface area contributed by atoms with E-state index in [0.29, 0.717) is 13.0 Å². The van der Waals surface area contributed by atoms with Gasteiger partial charge < -0.3 is 4.74 Å². The summed E-state index contributed by atoms with van der Waals surface area (Å²) in [7, 11) is 1.65. The van der Waals surface area contributed by atoms with Crippen molar-refractivity contribution in [1.82, 2.24) is 5.48 Å². The van der Waals surface area contributed by atoms with Crippen molar-refractivity contribution in [2.45, 2.75) is 13.3 Å². The number of carbonyl (C=O) groups is 1. The first-order chi connectivity index (χ1) is 9.22. The van der Waals surface area contributed by atoms with E-state index < -0.39 is 0 Å². The van der Waals surface area contributed by atoms with Crippen LogP contribution in [0.2, 0.25) is 0 Å². The van der Waals surface area contributed by atoms with Gasteiger partial charge in [0.15, 0.2) is 0 Å². The molecule has 2 rings (SSSR count). The Labute approximate surface area is 112 Å². The van der Waals surface area contributed by atoms with Gasteiger partial charge in [-0.25, -0.2) is 5.48 Å². The van der Waals surface area contributed by atoms with Crippen LogP contribution in [0.5, 0.6) is 5.75 Å². The number of methoxy groups -OCH3 is 1. The van der Waals surface area contributed by atoms with Gasteiger partial charge in [-0.05, 0) is 35.4 Å². The van der Waals surface area contributed by atoms with E-state index in [1.54, 1.807) is 7.11 Å². The monoisotopic (exact) mass is 259 g/mol. The van der Waals surface area contributed by atoms with E-state index in [9.17, 15) is 4.79 Å². The van der Waals surface area contributed by atoms with Crippen LogP contribution in [0.25, 0.3) is 10.8 Å². The fourth-order valence-electron chi connectivity index (χ4n) is 1.88. The van der Waals surface area contributed by atoms with Crippen LogP contribution in [0.4, 0.5) is 0 Å². The number of rotatable bonds is 5. The van der Waals surface area contributed by atoms with Crippen molar-refractivity contribution in [3.05, 3.63) is 42.0 Å². The number of nitrogens with one attached hydrogen (secondary N) is 1. The third-order valence-corrected chi connectivity index (χ3v) is 2.81. The van der Waals surface area contributed by atoms with Crippen molar-refractivity contribution >= 4 is 16.7 Å². The van der Waals surface area contributed by atoms with Gasteiger partial charge in [0.25, 0.3) is 0 Å². The van der Waals surface area contributed by atoms with E-state index in [4.69, 9.17) is 9.57 Å². The molecule has 4 nitrogen and oxygen atoms in total. The Bertz CT molecular complexity index is 581. The maximum absolute atomic E-state index is 11.6. The van der Waals surface area contributed by atoms with Gasteiger partial charge in [0.05, 0.1) is 20.1 Å². The van der Waals surface area contributed by atoms with Gasteiger partial charge in [0.1, 0.15) is 5.75 Å². The molecule has 2 aromatic rings. The Morgan fingerprint density at radius 3 is 2.63 bits per heavy atom. The summed E-state index contributed by atoms with van der Waals surface area (Å²) in [4.78, 5) is 16.4. The predicted molar refractivity (Wildman–Crippen MR) is 74.0 cm³/mol. The van der Waals surface area contributed by atoms with Crippen LogP contribution in [-0.2, 0) is 16.1 Å². The highest BCUT2D eigenvalue weighted by molar-refractivity contribution is 5.86. The maximum atomic E-state index is 11.6. The summed E-state index contributed by atoms with van der Waals surface area (Å²) in [5, 5.41) is 2.18. The Hall–Kier alpha value is -2.07. The number of hydroxylamine groups is 1. The molecule has 100 valence electrons. The molecule has 0 aromatic heterocycles. The van der Waals surface area contributed by atoms with Crippen LogP contribution in [0.1, 0.15) is 12.5 Å². The van der Waals surface area contributed by atoms with Crippen molar-refractivity contribution < 1.29 is 14.4 Å². The molecule has 0 aliphatic heterocycles. The van der Waals surface area contributed by atoms with E-state index in [1.165, 1.54) is 0 Å². The van der Waals surface area contributed by atoms with E-state index in [2.05, 4.69) is 5.48 Å². The van der Waals surface area contributed by atoms with E-state index in [0.717, 1.165) is 22.1 Å². The third-order valence-electron chi connectivity index (χ3n) is 2.81. The lowest BCUT2D eigenvalue weighted by Crippen LogP contribution is -2.25. The summed E-state index contributed by atoms with van der Waals surface area (Å²) in [6, 6.07) is 11.8. The number of hydrogen-bond donors (Lipinski definition) is 1. The summed E-state index contributed by atoms with van der Waals surface area (Å²) < 4.78 is 5.18. The molecule has 0 heterocycles. The molecule has 0 bridgehead atoms. The molecule has 0 unspecified atom stereocenters.